The molecule has 0 radical (unpaired) electrons. The molecule has 2 rings (SSSR count). The van der Waals surface area contributed by atoms with Gasteiger partial charge in [-0.3, -0.25) is 0 Å². The lowest BCUT2D eigenvalue weighted by atomic mass is 10.3. The minimum atomic E-state index is 1.01. The molecule has 0 aliphatic carbocycles. The summed E-state index contributed by atoms with van der Waals surface area (Å²) in [6.45, 7) is 4.24. The molecule has 2 heterocycles. The zero-order valence-corrected chi connectivity index (χ0v) is 9.30. The Bertz CT molecular complexity index is 445. The van der Waals surface area contributed by atoms with Crippen molar-refractivity contribution in [1.82, 2.24) is 9.38 Å². The highest BCUT2D eigenvalue weighted by Crippen LogP contribution is 2.19. The quantitative estimate of drug-likeness (QED) is 0.747. The van der Waals surface area contributed by atoms with E-state index in [1.165, 1.54) is 11.4 Å². The van der Waals surface area contributed by atoms with E-state index >= 15 is 0 Å². The van der Waals surface area contributed by atoms with Crippen LogP contribution in [0.15, 0.2) is 22.8 Å². The Kier molecular flexibility index (Phi) is 2.12. The van der Waals surface area contributed by atoms with E-state index in [0.717, 1.165) is 16.5 Å². The Balaban J connectivity index is 2.85. The number of hydrogen-bond donors (Lipinski definition) is 0. The van der Waals surface area contributed by atoms with Gasteiger partial charge in [-0.1, -0.05) is 6.92 Å². The molecule has 0 unspecified atom stereocenters. The summed E-state index contributed by atoms with van der Waals surface area (Å²) in [5, 5.41) is 0. The van der Waals surface area contributed by atoms with Crippen LogP contribution in [0, 0.1) is 6.92 Å². The molecular formula is C10H11BrN2. The Morgan fingerprint density at radius 3 is 2.92 bits per heavy atom. The molecule has 0 aliphatic heterocycles. The van der Waals surface area contributed by atoms with Crippen molar-refractivity contribution in [3.8, 4) is 0 Å². The number of aromatic nitrogens is 2. The van der Waals surface area contributed by atoms with E-state index in [0.29, 0.717) is 0 Å². The van der Waals surface area contributed by atoms with E-state index in [4.69, 9.17) is 0 Å². The predicted molar refractivity (Wildman–Crippen MR) is 57.0 cm³/mol. The fraction of sp³-hybridized carbons (Fsp3) is 0.300. The van der Waals surface area contributed by atoms with Crippen LogP contribution in [0.2, 0.25) is 0 Å². The monoisotopic (exact) mass is 238 g/mol. The average Bonchev–Trinajstić information content (AvgIpc) is 2.55. The van der Waals surface area contributed by atoms with Crippen LogP contribution in [-0.2, 0) is 6.42 Å². The lowest BCUT2D eigenvalue weighted by Gasteiger charge is -2.05. The van der Waals surface area contributed by atoms with Crippen molar-refractivity contribution in [1.29, 1.82) is 0 Å². The first-order valence-corrected chi connectivity index (χ1v) is 5.14. The molecule has 0 saturated heterocycles. The van der Waals surface area contributed by atoms with Crippen LogP contribution in [0.1, 0.15) is 18.3 Å². The number of nitrogens with zero attached hydrogens (tertiary/aromatic N) is 2. The highest BCUT2D eigenvalue weighted by molar-refractivity contribution is 9.10. The lowest BCUT2D eigenvalue weighted by molar-refractivity contribution is 0.954. The van der Waals surface area contributed by atoms with Crippen LogP contribution >= 0.6 is 15.9 Å². The van der Waals surface area contributed by atoms with Gasteiger partial charge in [-0.2, -0.15) is 0 Å². The number of fused-ring (bicyclic) bond motifs is 1. The number of hydrogen-bond acceptors (Lipinski definition) is 1. The molecule has 0 bridgehead atoms. The zero-order chi connectivity index (χ0) is 9.42. The van der Waals surface area contributed by atoms with Gasteiger partial charge < -0.3 is 4.40 Å². The first-order valence-electron chi connectivity index (χ1n) is 4.35. The number of imidazole rings is 1. The first kappa shape index (κ1) is 8.75. The van der Waals surface area contributed by atoms with Gasteiger partial charge in [0.1, 0.15) is 5.65 Å². The van der Waals surface area contributed by atoms with Crippen LogP contribution in [-0.4, -0.2) is 9.38 Å². The van der Waals surface area contributed by atoms with Crippen molar-refractivity contribution >= 4 is 21.6 Å². The topological polar surface area (TPSA) is 17.3 Å². The van der Waals surface area contributed by atoms with Crippen molar-refractivity contribution in [2.75, 3.05) is 0 Å². The standard InChI is InChI=1S/C10H11BrN2/c1-3-8-6-12-10-5-4-9(11)7(2)13(8)10/h4-6H,3H2,1-2H3. The third kappa shape index (κ3) is 1.27. The molecule has 2 aromatic heterocycles. The SMILES string of the molecule is CCc1cnc2ccc(Br)c(C)n12. The molecule has 0 amide bonds. The van der Waals surface area contributed by atoms with Gasteiger partial charge in [-0.15, -0.1) is 0 Å². The van der Waals surface area contributed by atoms with E-state index in [-0.39, 0.29) is 0 Å². The van der Waals surface area contributed by atoms with Gasteiger partial charge in [-0.05, 0) is 41.4 Å². The summed E-state index contributed by atoms with van der Waals surface area (Å²) in [5.74, 6) is 0. The van der Waals surface area contributed by atoms with Crippen LogP contribution in [0.25, 0.3) is 5.65 Å². The molecule has 2 aromatic rings. The Labute approximate surface area is 85.7 Å². The maximum Gasteiger partial charge on any atom is 0.137 e. The minimum Gasteiger partial charge on any atom is -0.300 e. The third-order valence-electron chi connectivity index (χ3n) is 2.28. The minimum absolute atomic E-state index is 1.01. The van der Waals surface area contributed by atoms with Gasteiger partial charge in [0, 0.05) is 22.1 Å². The van der Waals surface area contributed by atoms with Gasteiger partial charge in [-0.25, -0.2) is 4.98 Å². The highest BCUT2D eigenvalue weighted by atomic mass is 79.9. The lowest BCUT2D eigenvalue weighted by Crippen LogP contribution is -1.96. The van der Waals surface area contributed by atoms with Gasteiger partial charge in [0.25, 0.3) is 0 Å². The molecule has 13 heavy (non-hydrogen) atoms. The number of rotatable bonds is 1. The molecule has 0 atom stereocenters. The summed E-state index contributed by atoms with van der Waals surface area (Å²) in [7, 11) is 0. The summed E-state index contributed by atoms with van der Waals surface area (Å²) in [6.07, 6.45) is 2.95. The number of halogens is 1. The maximum atomic E-state index is 4.33. The molecule has 0 spiro atoms. The second-order valence-electron chi connectivity index (χ2n) is 3.06. The molecule has 0 aliphatic rings. The van der Waals surface area contributed by atoms with E-state index in [1.54, 1.807) is 0 Å². The fourth-order valence-electron chi connectivity index (χ4n) is 1.53. The number of pyridine rings is 1. The van der Waals surface area contributed by atoms with Gasteiger partial charge in [0.05, 0.1) is 0 Å². The van der Waals surface area contributed by atoms with Crippen molar-refractivity contribution < 1.29 is 0 Å². The summed E-state index contributed by atoms with van der Waals surface area (Å²) in [6, 6.07) is 4.06. The fourth-order valence-corrected chi connectivity index (χ4v) is 1.84. The van der Waals surface area contributed by atoms with E-state index in [9.17, 15) is 0 Å². The third-order valence-corrected chi connectivity index (χ3v) is 3.12. The molecular weight excluding hydrogens is 228 g/mol. The highest BCUT2D eigenvalue weighted by Gasteiger charge is 2.05. The largest absolute Gasteiger partial charge is 0.300 e. The van der Waals surface area contributed by atoms with Crippen LogP contribution < -0.4 is 0 Å². The molecule has 2 nitrogen and oxygen atoms in total. The molecule has 0 fully saturated rings. The Morgan fingerprint density at radius 2 is 2.23 bits per heavy atom. The average molecular weight is 239 g/mol. The van der Waals surface area contributed by atoms with Gasteiger partial charge >= 0.3 is 0 Å². The first-order chi connectivity index (χ1) is 6.24. The second kappa shape index (κ2) is 3.14. The summed E-state index contributed by atoms with van der Waals surface area (Å²) in [5.41, 5.74) is 3.50. The van der Waals surface area contributed by atoms with Crippen molar-refractivity contribution in [3.05, 3.63) is 34.2 Å². The van der Waals surface area contributed by atoms with Crippen LogP contribution in [0.5, 0.6) is 0 Å². The smallest absolute Gasteiger partial charge is 0.137 e. The molecule has 0 N–H and O–H groups in total. The van der Waals surface area contributed by atoms with Crippen LogP contribution in [0.3, 0.4) is 0 Å². The Hall–Kier alpha value is -0.830. The van der Waals surface area contributed by atoms with Crippen molar-refractivity contribution in [3.63, 3.8) is 0 Å². The summed E-state index contributed by atoms with van der Waals surface area (Å²) >= 11 is 3.52. The van der Waals surface area contributed by atoms with E-state index < -0.39 is 0 Å². The second-order valence-corrected chi connectivity index (χ2v) is 3.92. The van der Waals surface area contributed by atoms with Gasteiger partial charge in [0.2, 0.25) is 0 Å². The molecule has 0 aromatic carbocycles. The van der Waals surface area contributed by atoms with Gasteiger partial charge in [0.15, 0.2) is 0 Å². The molecule has 0 saturated carbocycles. The zero-order valence-electron chi connectivity index (χ0n) is 7.71. The molecule has 68 valence electrons. The summed E-state index contributed by atoms with van der Waals surface area (Å²) in [4.78, 5) is 4.33. The summed E-state index contributed by atoms with van der Waals surface area (Å²) < 4.78 is 3.32. The normalized spacial score (nSPS) is 11.0. The van der Waals surface area contributed by atoms with Crippen molar-refractivity contribution in [2.45, 2.75) is 20.3 Å². The molecule has 3 heteroatoms. The predicted octanol–water partition coefficient (Wildman–Crippen LogP) is 2.97. The van der Waals surface area contributed by atoms with E-state index in [1.807, 2.05) is 18.3 Å². The van der Waals surface area contributed by atoms with E-state index in [2.05, 4.69) is 39.2 Å². The van der Waals surface area contributed by atoms with Crippen LogP contribution in [0.4, 0.5) is 0 Å². The maximum absolute atomic E-state index is 4.33. The Morgan fingerprint density at radius 1 is 1.46 bits per heavy atom. The number of aryl methyl sites for hydroxylation is 2. The van der Waals surface area contributed by atoms with Crippen molar-refractivity contribution in [2.24, 2.45) is 0 Å².